The molecule has 0 saturated heterocycles. The van der Waals surface area contributed by atoms with Crippen LogP contribution < -0.4 is 10.6 Å². The summed E-state index contributed by atoms with van der Waals surface area (Å²) in [5.41, 5.74) is 8.19. The first-order valence-electron chi connectivity index (χ1n) is 6.39. The van der Waals surface area contributed by atoms with Crippen molar-refractivity contribution in [2.75, 3.05) is 18.0 Å². The lowest BCUT2D eigenvalue weighted by Gasteiger charge is -2.31. The second-order valence-corrected chi connectivity index (χ2v) is 4.79. The zero-order chi connectivity index (χ0) is 12.8. The van der Waals surface area contributed by atoms with Crippen LogP contribution in [0, 0.1) is 0 Å². The van der Waals surface area contributed by atoms with Gasteiger partial charge in [0.05, 0.1) is 0 Å². The smallest absolute Gasteiger partial charge is 0.0426 e. The molecule has 17 heavy (non-hydrogen) atoms. The first-order chi connectivity index (χ1) is 8.13. The van der Waals surface area contributed by atoms with E-state index < -0.39 is 0 Å². The molecule has 1 aromatic rings. The molecule has 0 fully saturated rings. The van der Waals surface area contributed by atoms with Crippen LogP contribution in [-0.2, 0) is 6.42 Å². The standard InChI is InChI=1S/C14H23ClN2/c1-4-11(3)17(5-2)14-10-13(15)7-6-12(14)8-9-16/h6-7,10-11H,4-5,8-9,16H2,1-3H3. The van der Waals surface area contributed by atoms with Gasteiger partial charge in [-0.15, -0.1) is 0 Å². The highest BCUT2D eigenvalue weighted by atomic mass is 35.5. The molecule has 3 heteroatoms. The summed E-state index contributed by atoms with van der Waals surface area (Å²) in [6.45, 7) is 8.30. The van der Waals surface area contributed by atoms with E-state index in [-0.39, 0.29) is 0 Å². The van der Waals surface area contributed by atoms with E-state index in [0.29, 0.717) is 12.6 Å². The summed E-state index contributed by atoms with van der Waals surface area (Å²) in [6.07, 6.45) is 2.03. The average molecular weight is 255 g/mol. The molecule has 0 saturated carbocycles. The third kappa shape index (κ3) is 3.62. The van der Waals surface area contributed by atoms with Crippen molar-refractivity contribution in [3.05, 3.63) is 28.8 Å². The number of hydrogen-bond acceptors (Lipinski definition) is 2. The summed E-state index contributed by atoms with van der Waals surface area (Å²) < 4.78 is 0. The molecule has 2 nitrogen and oxygen atoms in total. The van der Waals surface area contributed by atoms with Crippen molar-refractivity contribution in [1.82, 2.24) is 0 Å². The normalized spacial score (nSPS) is 12.5. The number of halogens is 1. The Morgan fingerprint density at radius 1 is 1.35 bits per heavy atom. The number of rotatable bonds is 6. The Balaban J connectivity index is 3.10. The summed E-state index contributed by atoms with van der Waals surface area (Å²) >= 11 is 6.11. The predicted molar refractivity (Wildman–Crippen MR) is 77.0 cm³/mol. The minimum Gasteiger partial charge on any atom is -0.369 e. The van der Waals surface area contributed by atoms with Crippen LogP contribution in [0.5, 0.6) is 0 Å². The van der Waals surface area contributed by atoms with Crippen LogP contribution in [0.15, 0.2) is 18.2 Å². The summed E-state index contributed by atoms with van der Waals surface area (Å²) in [5.74, 6) is 0. The third-order valence-electron chi connectivity index (χ3n) is 3.23. The summed E-state index contributed by atoms with van der Waals surface area (Å²) in [5, 5.41) is 0.794. The van der Waals surface area contributed by atoms with Gasteiger partial charge in [0.25, 0.3) is 0 Å². The molecular formula is C14H23ClN2. The largest absolute Gasteiger partial charge is 0.369 e. The van der Waals surface area contributed by atoms with Crippen molar-refractivity contribution in [2.24, 2.45) is 5.73 Å². The lowest BCUT2D eigenvalue weighted by atomic mass is 10.1. The molecule has 1 atom stereocenters. The number of nitrogens with two attached hydrogens (primary N) is 1. The first kappa shape index (κ1) is 14.3. The molecule has 0 spiro atoms. The first-order valence-corrected chi connectivity index (χ1v) is 6.76. The maximum atomic E-state index is 6.11. The molecular weight excluding hydrogens is 232 g/mol. The van der Waals surface area contributed by atoms with E-state index in [2.05, 4.69) is 37.8 Å². The Labute approximate surface area is 110 Å². The van der Waals surface area contributed by atoms with Gasteiger partial charge < -0.3 is 10.6 Å². The van der Waals surface area contributed by atoms with Crippen molar-refractivity contribution >= 4 is 17.3 Å². The Morgan fingerprint density at radius 2 is 2.06 bits per heavy atom. The van der Waals surface area contributed by atoms with Gasteiger partial charge in [-0.1, -0.05) is 24.6 Å². The summed E-state index contributed by atoms with van der Waals surface area (Å²) in [4.78, 5) is 2.40. The average Bonchev–Trinajstić information content (AvgIpc) is 2.33. The molecule has 0 aliphatic rings. The highest BCUT2D eigenvalue weighted by Gasteiger charge is 2.14. The zero-order valence-corrected chi connectivity index (χ0v) is 11.8. The summed E-state index contributed by atoms with van der Waals surface area (Å²) in [6, 6.07) is 6.62. The fourth-order valence-electron chi connectivity index (χ4n) is 2.11. The lowest BCUT2D eigenvalue weighted by molar-refractivity contribution is 0.627. The van der Waals surface area contributed by atoms with Crippen molar-refractivity contribution in [2.45, 2.75) is 39.7 Å². The molecule has 0 radical (unpaired) electrons. The van der Waals surface area contributed by atoms with Crippen LogP contribution in [0.25, 0.3) is 0 Å². The van der Waals surface area contributed by atoms with E-state index in [1.807, 2.05) is 6.07 Å². The lowest BCUT2D eigenvalue weighted by Crippen LogP contribution is -2.33. The van der Waals surface area contributed by atoms with Crippen molar-refractivity contribution < 1.29 is 0 Å². The SMILES string of the molecule is CCC(C)N(CC)c1cc(Cl)ccc1CCN. The fraction of sp³-hybridized carbons (Fsp3) is 0.571. The van der Waals surface area contributed by atoms with E-state index >= 15 is 0 Å². The van der Waals surface area contributed by atoms with Crippen LogP contribution in [0.2, 0.25) is 5.02 Å². The number of nitrogens with zero attached hydrogens (tertiary/aromatic N) is 1. The van der Waals surface area contributed by atoms with Gasteiger partial charge in [-0.25, -0.2) is 0 Å². The second-order valence-electron chi connectivity index (χ2n) is 4.35. The maximum Gasteiger partial charge on any atom is 0.0426 e. The van der Waals surface area contributed by atoms with E-state index in [1.165, 1.54) is 11.3 Å². The number of hydrogen-bond donors (Lipinski definition) is 1. The fourth-order valence-corrected chi connectivity index (χ4v) is 2.28. The van der Waals surface area contributed by atoms with Crippen molar-refractivity contribution in [3.8, 4) is 0 Å². The molecule has 0 aliphatic heterocycles. The molecule has 0 bridgehead atoms. The molecule has 0 aromatic heterocycles. The molecule has 0 aliphatic carbocycles. The van der Waals surface area contributed by atoms with Crippen LogP contribution >= 0.6 is 11.6 Å². The van der Waals surface area contributed by atoms with E-state index in [0.717, 1.165) is 24.4 Å². The zero-order valence-electron chi connectivity index (χ0n) is 11.0. The second kappa shape index (κ2) is 6.87. The highest BCUT2D eigenvalue weighted by molar-refractivity contribution is 6.30. The molecule has 1 aromatic carbocycles. The van der Waals surface area contributed by atoms with Gasteiger partial charge in [-0.3, -0.25) is 0 Å². The number of anilines is 1. The quantitative estimate of drug-likeness (QED) is 0.842. The van der Waals surface area contributed by atoms with Crippen molar-refractivity contribution in [3.63, 3.8) is 0 Å². The van der Waals surface area contributed by atoms with Gasteiger partial charge in [-0.05, 0) is 50.9 Å². The van der Waals surface area contributed by atoms with Gasteiger partial charge in [0, 0.05) is 23.3 Å². The van der Waals surface area contributed by atoms with E-state index in [4.69, 9.17) is 17.3 Å². The van der Waals surface area contributed by atoms with E-state index in [9.17, 15) is 0 Å². The van der Waals surface area contributed by atoms with Gasteiger partial charge in [-0.2, -0.15) is 0 Å². The van der Waals surface area contributed by atoms with Gasteiger partial charge in [0.2, 0.25) is 0 Å². The van der Waals surface area contributed by atoms with Gasteiger partial charge in [0.15, 0.2) is 0 Å². The Kier molecular flexibility index (Phi) is 5.79. The van der Waals surface area contributed by atoms with Crippen LogP contribution in [-0.4, -0.2) is 19.1 Å². The molecule has 96 valence electrons. The highest BCUT2D eigenvalue weighted by Crippen LogP contribution is 2.27. The van der Waals surface area contributed by atoms with Crippen LogP contribution in [0.4, 0.5) is 5.69 Å². The Hall–Kier alpha value is -0.730. The molecule has 1 unspecified atom stereocenters. The van der Waals surface area contributed by atoms with Crippen LogP contribution in [0.1, 0.15) is 32.8 Å². The third-order valence-corrected chi connectivity index (χ3v) is 3.47. The van der Waals surface area contributed by atoms with Crippen molar-refractivity contribution in [1.29, 1.82) is 0 Å². The molecule has 0 amide bonds. The van der Waals surface area contributed by atoms with Gasteiger partial charge >= 0.3 is 0 Å². The maximum absolute atomic E-state index is 6.11. The minimum absolute atomic E-state index is 0.523. The van der Waals surface area contributed by atoms with Crippen LogP contribution in [0.3, 0.4) is 0 Å². The molecule has 1 rings (SSSR count). The van der Waals surface area contributed by atoms with Gasteiger partial charge in [0.1, 0.15) is 0 Å². The molecule has 2 N–H and O–H groups in total. The summed E-state index contributed by atoms with van der Waals surface area (Å²) in [7, 11) is 0. The predicted octanol–water partition coefficient (Wildman–Crippen LogP) is 3.47. The number of benzene rings is 1. The molecule has 0 heterocycles. The van der Waals surface area contributed by atoms with E-state index in [1.54, 1.807) is 0 Å². The monoisotopic (exact) mass is 254 g/mol. The topological polar surface area (TPSA) is 29.3 Å². The minimum atomic E-state index is 0.523. The Morgan fingerprint density at radius 3 is 2.59 bits per heavy atom. The Bertz CT molecular complexity index is 352.